The Hall–Kier alpha value is -1.97. The van der Waals surface area contributed by atoms with Crippen LogP contribution in [0, 0.1) is 0 Å². The average molecular weight is 217 g/mol. The number of nitrogens with zero attached hydrogens (tertiary/aromatic N) is 1. The van der Waals surface area contributed by atoms with E-state index in [9.17, 15) is 0 Å². The third-order valence-electron chi connectivity index (χ3n) is 2.17. The van der Waals surface area contributed by atoms with Crippen LogP contribution in [0.5, 0.6) is 0 Å². The van der Waals surface area contributed by atoms with Crippen molar-refractivity contribution in [2.24, 2.45) is 0 Å². The summed E-state index contributed by atoms with van der Waals surface area (Å²) in [6.45, 7) is 3.62. The highest BCUT2D eigenvalue weighted by Gasteiger charge is 1.97. The molecule has 2 aromatic heterocycles. The molecule has 0 unspecified atom stereocenters. The average Bonchev–Trinajstić information content (AvgIpc) is 2.80. The van der Waals surface area contributed by atoms with Crippen molar-refractivity contribution in [2.45, 2.75) is 13.5 Å². The lowest BCUT2D eigenvalue weighted by molar-refractivity contribution is 0.518. The third-order valence-corrected chi connectivity index (χ3v) is 2.17. The van der Waals surface area contributed by atoms with Gasteiger partial charge in [-0.15, -0.1) is 0 Å². The molecule has 84 valence electrons. The Morgan fingerprint density at radius 2 is 2.06 bits per heavy atom. The number of furan rings is 1. The number of aromatic nitrogens is 1. The maximum Gasteiger partial charge on any atom is 0.122 e. The monoisotopic (exact) mass is 217 g/mol. The molecule has 0 aliphatic rings. The van der Waals surface area contributed by atoms with Crippen LogP contribution in [0.15, 0.2) is 41.3 Å². The Bertz CT molecular complexity index is 426. The van der Waals surface area contributed by atoms with Crippen molar-refractivity contribution < 1.29 is 4.42 Å². The zero-order valence-corrected chi connectivity index (χ0v) is 9.23. The minimum atomic E-state index is 0.671. The fourth-order valence-electron chi connectivity index (χ4n) is 1.44. The molecule has 0 spiro atoms. The Morgan fingerprint density at radius 1 is 1.25 bits per heavy atom. The van der Waals surface area contributed by atoms with E-state index in [1.165, 1.54) is 0 Å². The van der Waals surface area contributed by atoms with Gasteiger partial charge in [0.15, 0.2) is 0 Å². The van der Waals surface area contributed by atoms with Gasteiger partial charge < -0.3 is 15.1 Å². The second-order valence-electron chi connectivity index (χ2n) is 3.43. The van der Waals surface area contributed by atoms with Gasteiger partial charge in [0.2, 0.25) is 0 Å². The predicted molar refractivity (Wildman–Crippen MR) is 64.4 cm³/mol. The number of hydrogen-bond acceptors (Lipinski definition) is 4. The molecule has 0 aliphatic heterocycles. The van der Waals surface area contributed by atoms with Crippen LogP contribution in [0.2, 0.25) is 0 Å². The molecule has 0 saturated carbocycles. The van der Waals surface area contributed by atoms with Crippen LogP contribution in [-0.2, 0) is 6.54 Å². The Labute approximate surface area is 94.7 Å². The zero-order chi connectivity index (χ0) is 11.2. The molecule has 0 aliphatic carbocycles. The summed E-state index contributed by atoms with van der Waals surface area (Å²) < 4.78 is 5.23. The van der Waals surface area contributed by atoms with Crippen molar-refractivity contribution in [2.75, 3.05) is 17.2 Å². The normalized spacial score (nSPS) is 10.1. The third kappa shape index (κ3) is 2.76. The molecule has 2 N–H and O–H groups in total. The molecular weight excluding hydrogens is 202 g/mol. The van der Waals surface area contributed by atoms with Crippen molar-refractivity contribution in [1.82, 2.24) is 4.98 Å². The maximum absolute atomic E-state index is 5.23. The van der Waals surface area contributed by atoms with Crippen LogP contribution in [-0.4, -0.2) is 11.5 Å². The molecular formula is C12H15N3O. The van der Waals surface area contributed by atoms with Gasteiger partial charge >= 0.3 is 0 Å². The smallest absolute Gasteiger partial charge is 0.122 e. The minimum absolute atomic E-state index is 0.671. The largest absolute Gasteiger partial charge is 0.467 e. The molecule has 4 heteroatoms. The van der Waals surface area contributed by atoms with Crippen LogP contribution in [0.25, 0.3) is 0 Å². The van der Waals surface area contributed by atoms with Crippen molar-refractivity contribution in [3.8, 4) is 0 Å². The number of nitrogens with one attached hydrogen (secondary N) is 2. The van der Waals surface area contributed by atoms with E-state index in [1.54, 1.807) is 12.5 Å². The Kier molecular flexibility index (Phi) is 3.43. The van der Waals surface area contributed by atoms with E-state index in [-0.39, 0.29) is 0 Å². The first-order valence-corrected chi connectivity index (χ1v) is 5.33. The molecule has 0 aromatic carbocycles. The van der Waals surface area contributed by atoms with E-state index in [0.717, 1.165) is 23.7 Å². The molecule has 0 saturated heterocycles. The number of pyridine rings is 1. The lowest BCUT2D eigenvalue weighted by Crippen LogP contribution is -2.01. The van der Waals surface area contributed by atoms with Gasteiger partial charge in [0.05, 0.1) is 36.6 Å². The van der Waals surface area contributed by atoms with Crippen LogP contribution in [0.1, 0.15) is 12.7 Å². The lowest BCUT2D eigenvalue weighted by Gasteiger charge is -2.07. The summed E-state index contributed by atoms with van der Waals surface area (Å²) in [5.74, 6) is 0.911. The quantitative estimate of drug-likeness (QED) is 0.808. The fourth-order valence-corrected chi connectivity index (χ4v) is 1.44. The number of rotatable bonds is 5. The van der Waals surface area contributed by atoms with E-state index in [2.05, 4.69) is 22.5 Å². The predicted octanol–water partition coefficient (Wildman–Crippen LogP) is 2.72. The SMILES string of the molecule is CCNc1cncc(NCc2ccco2)c1. The van der Waals surface area contributed by atoms with Crippen LogP contribution < -0.4 is 10.6 Å². The van der Waals surface area contributed by atoms with Crippen molar-refractivity contribution in [1.29, 1.82) is 0 Å². The summed E-state index contributed by atoms with van der Waals surface area (Å²) in [5, 5.41) is 6.46. The molecule has 0 bridgehead atoms. The molecule has 2 heterocycles. The van der Waals surface area contributed by atoms with Crippen LogP contribution in [0.3, 0.4) is 0 Å². The summed E-state index contributed by atoms with van der Waals surface area (Å²) in [6.07, 6.45) is 5.27. The van der Waals surface area contributed by atoms with Gasteiger partial charge in [-0.3, -0.25) is 4.98 Å². The highest BCUT2D eigenvalue weighted by molar-refractivity contribution is 5.53. The van der Waals surface area contributed by atoms with Crippen molar-refractivity contribution in [3.63, 3.8) is 0 Å². The van der Waals surface area contributed by atoms with E-state index < -0.39 is 0 Å². The molecule has 0 radical (unpaired) electrons. The summed E-state index contributed by atoms with van der Waals surface area (Å²) in [7, 11) is 0. The molecule has 2 aromatic rings. The summed E-state index contributed by atoms with van der Waals surface area (Å²) >= 11 is 0. The van der Waals surface area contributed by atoms with Gasteiger partial charge in [-0.05, 0) is 25.1 Å². The molecule has 0 atom stereocenters. The van der Waals surface area contributed by atoms with Gasteiger partial charge in [-0.25, -0.2) is 0 Å². The second-order valence-corrected chi connectivity index (χ2v) is 3.43. The van der Waals surface area contributed by atoms with E-state index in [0.29, 0.717) is 6.54 Å². The number of anilines is 2. The van der Waals surface area contributed by atoms with E-state index in [4.69, 9.17) is 4.42 Å². The van der Waals surface area contributed by atoms with E-state index >= 15 is 0 Å². The van der Waals surface area contributed by atoms with Crippen molar-refractivity contribution in [3.05, 3.63) is 42.6 Å². The molecule has 4 nitrogen and oxygen atoms in total. The van der Waals surface area contributed by atoms with Crippen molar-refractivity contribution >= 4 is 11.4 Å². The minimum Gasteiger partial charge on any atom is -0.467 e. The zero-order valence-electron chi connectivity index (χ0n) is 9.23. The van der Waals surface area contributed by atoms with Gasteiger partial charge in [-0.2, -0.15) is 0 Å². The summed E-state index contributed by atoms with van der Waals surface area (Å²) in [6, 6.07) is 5.85. The van der Waals surface area contributed by atoms with Gasteiger partial charge in [0, 0.05) is 6.54 Å². The summed E-state index contributed by atoms with van der Waals surface area (Å²) in [4.78, 5) is 4.15. The molecule has 0 fully saturated rings. The molecule has 16 heavy (non-hydrogen) atoms. The van der Waals surface area contributed by atoms with Crippen LogP contribution >= 0.6 is 0 Å². The first-order valence-electron chi connectivity index (χ1n) is 5.33. The highest BCUT2D eigenvalue weighted by Crippen LogP contribution is 2.13. The molecule has 0 amide bonds. The Balaban J connectivity index is 1.96. The first-order chi connectivity index (χ1) is 7.88. The van der Waals surface area contributed by atoms with Crippen LogP contribution in [0.4, 0.5) is 11.4 Å². The van der Waals surface area contributed by atoms with Gasteiger partial charge in [0.25, 0.3) is 0 Å². The standard InChI is InChI=1S/C12H15N3O/c1-2-14-10-6-11(8-13-7-10)15-9-12-4-3-5-16-12/h3-8,14-15H,2,9H2,1H3. The van der Waals surface area contributed by atoms with E-state index in [1.807, 2.05) is 24.4 Å². The Morgan fingerprint density at radius 3 is 2.75 bits per heavy atom. The lowest BCUT2D eigenvalue weighted by atomic mass is 10.3. The molecule has 2 rings (SSSR count). The topological polar surface area (TPSA) is 50.1 Å². The fraction of sp³-hybridized carbons (Fsp3) is 0.250. The maximum atomic E-state index is 5.23. The summed E-state index contributed by atoms with van der Waals surface area (Å²) in [5.41, 5.74) is 2.00. The van der Waals surface area contributed by atoms with Gasteiger partial charge in [-0.1, -0.05) is 0 Å². The number of hydrogen-bond donors (Lipinski definition) is 2. The first kappa shape index (κ1) is 10.5. The highest BCUT2D eigenvalue weighted by atomic mass is 16.3. The van der Waals surface area contributed by atoms with Gasteiger partial charge in [0.1, 0.15) is 5.76 Å². The second kappa shape index (κ2) is 5.21.